The van der Waals surface area contributed by atoms with Gasteiger partial charge < -0.3 is 11.1 Å². The van der Waals surface area contributed by atoms with Crippen molar-refractivity contribution in [1.29, 1.82) is 0 Å². The second kappa shape index (κ2) is 5.96. The lowest BCUT2D eigenvalue weighted by Gasteiger charge is -2.27. The smallest absolute Gasteiger partial charge is 0.222 e. The zero-order chi connectivity index (χ0) is 13.8. The van der Waals surface area contributed by atoms with E-state index in [1.165, 1.54) is 0 Å². The number of nitrogens with two attached hydrogens (primary N) is 1. The fraction of sp³-hybridized carbons (Fsp3) is 0.571. The lowest BCUT2D eigenvalue weighted by Crippen LogP contribution is -2.40. The van der Waals surface area contributed by atoms with Gasteiger partial charge in [-0.15, -0.1) is 0 Å². The molecular formula is C14H23N3O. The zero-order valence-corrected chi connectivity index (χ0v) is 11.6. The standard InChI is InChI=1S/C14H23N3O/c1-10(11-7-5-6-8-16-11)17-13(18)9-12(15)14(2,3)4/h5-8,10,12H,9,15H2,1-4H3,(H,17,18). The van der Waals surface area contributed by atoms with Gasteiger partial charge in [0.1, 0.15) is 0 Å². The number of carbonyl (C=O) groups excluding carboxylic acids is 1. The van der Waals surface area contributed by atoms with E-state index in [9.17, 15) is 4.79 Å². The van der Waals surface area contributed by atoms with Gasteiger partial charge in [0.25, 0.3) is 0 Å². The number of aromatic nitrogens is 1. The van der Waals surface area contributed by atoms with Gasteiger partial charge in [-0.1, -0.05) is 26.8 Å². The van der Waals surface area contributed by atoms with Crippen LogP contribution in [0.1, 0.15) is 45.9 Å². The Hall–Kier alpha value is -1.42. The second-order valence-electron chi connectivity index (χ2n) is 5.72. The first-order chi connectivity index (χ1) is 8.30. The van der Waals surface area contributed by atoms with Crippen LogP contribution in [0.3, 0.4) is 0 Å². The zero-order valence-electron chi connectivity index (χ0n) is 11.6. The molecule has 4 heteroatoms. The molecule has 0 saturated carbocycles. The van der Waals surface area contributed by atoms with Gasteiger partial charge in [-0.25, -0.2) is 0 Å². The van der Waals surface area contributed by atoms with Gasteiger partial charge in [-0.3, -0.25) is 9.78 Å². The predicted molar refractivity (Wildman–Crippen MR) is 72.8 cm³/mol. The molecule has 1 heterocycles. The molecule has 0 aliphatic heterocycles. The van der Waals surface area contributed by atoms with Crippen molar-refractivity contribution in [3.8, 4) is 0 Å². The third kappa shape index (κ3) is 4.45. The molecule has 1 rings (SSSR count). The SMILES string of the molecule is CC(NC(=O)CC(N)C(C)(C)C)c1ccccn1. The van der Waals surface area contributed by atoms with Gasteiger partial charge in [0.15, 0.2) is 0 Å². The molecule has 0 bridgehead atoms. The van der Waals surface area contributed by atoms with Crippen molar-refractivity contribution >= 4 is 5.91 Å². The molecule has 0 aliphatic rings. The summed E-state index contributed by atoms with van der Waals surface area (Å²) < 4.78 is 0. The minimum atomic E-state index is -0.145. The van der Waals surface area contributed by atoms with Crippen LogP contribution in [0.5, 0.6) is 0 Å². The highest BCUT2D eigenvalue weighted by Crippen LogP contribution is 2.20. The minimum Gasteiger partial charge on any atom is -0.348 e. The first-order valence-electron chi connectivity index (χ1n) is 6.26. The van der Waals surface area contributed by atoms with Crippen LogP contribution in [-0.4, -0.2) is 16.9 Å². The summed E-state index contributed by atoms with van der Waals surface area (Å²) in [6, 6.07) is 5.42. The Morgan fingerprint density at radius 3 is 2.61 bits per heavy atom. The summed E-state index contributed by atoms with van der Waals surface area (Å²) in [4.78, 5) is 16.1. The number of nitrogens with one attached hydrogen (secondary N) is 1. The van der Waals surface area contributed by atoms with Crippen LogP contribution < -0.4 is 11.1 Å². The molecule has 1 aromatic rings. The molecule has 0 radical (unpaired) electrons. The van der Waals surface area contributed by atoms with Crippen LogP contribution in [-0.2, 0) is 4.79 Å². The van der Waals surface area contributed by atoms with Gasteiger partial charge in [0, 0.05) is 18.7 Å². The van der Waals surface area contributed by atoms with Crippen molar-refractivity contribution < 1.29 is 4.79 Å². The molecule has 3 N–H and O–H groups in total. The maximum Gasteiger partial charge on any atom is 0.222 e. The molecule has 18 heavy (non-hydrogen) atoms. The van der Waals surface area contributed by atoms with Crippen LogP contribution in [0, 0.1) is 5.41 Å². The fourth-order valence-electron chi connectivity index (χ4n) is 1.51. The van der Waals surface area contributed by atoms with Gasteiger partial charge in [-0.05, 0) is 24.5 Å². The molecule has 0 aliphatic carbocycles. The molecule has 1 amide bonds. The number of carbonyl (C=O) groups is 1. The van der Waals surface area contributed by atoms with Gasteiger partial charge in [0.2, 0.25) is 5.91 Å². The minimum absolute atomic E-state index is 0.0319. The summed E-state index contributed by atoms with van der Waals surface area (Å²) in [6.07, 6.45) is 2.06. The molecule has 1 aromatic heterocycles. The normalized spacial score (nSPS) is 14.9. The van der Waals surface area contributed by atoms with E-state index in [1.807, 2.05) is 45.9 Å². The molecule has 100 valence electrons. The first kappa shape index (κ1) is 14.6. The Morgan fingerprint density at radius 2 is 2.11 bits per heavy atom. The highest BCUT2D eigenvalue weighted by molar-refractivity contribution is 5.77. The molecule has 0 spiro atoms. The van der Waals surface area contributed by atoms with Crippen LogP contribution in [0.15, 0.2) is 24.4 Å². The summed E-state index contributed by atoms with van der Waals surface area (Å²) in [5.41, 5.74) is 6.78. The number of amides is 1. The quantitative estimate of drug-likeness (QED) is 0.858. The second-order valence-corrected chi connectivity index (χ2v) is 5.72. The number of rotatable bonds is 4. The number of hydrogen-bond donors (Lipinski definition) is 2. The predicted octanol–water partition coefficient (Wildman–Crippen LogP) is 2.02. The largest absolute Gasteiger partial charge is 0.348 e. The Balaban J connectivity index is 2.51. The van der Waals surface area contributed by atoms with Crippen molar-refractivity contribution in [2.24, 2.45) is 11.1 Å². The van der Waals surface area contributed by atoms with E-state index in [-0.39, 0.29) is 23.4 Å². The van der Waals surface area contributed by atoms with Crippen molar-refractivity contribution in [3.05, 3.63) is 30.1 Å². The van der Waals surface area contributed by atoms with Crippen molar-refractivity contribution in [3.63, 3.8) is 0 Å². The summed E-state index contributed by atoms with van der Waals surface area (Å²) in [6.45, 7) is 8.02. The van der Waals surface area contributed by atoms with E-state index in [1.54, 1.807) is 6.20 Å². The highest BCUT2D eigenvalue weighted by Gasteiger charge is 2.23. The molecule has 4 nitrogen and oxygen atoms in total. The molecule has 0 saturated heterocycles. The van der Waals surface area contributed by atoms with Gasteiger partial charge in [-0.2, -0.15) is 0 Å². The molecule has 0 aromatic carbocycles. The van der Waals surface area contributed by atoms with E-state index in [4.69, 9.17) is 5.73 Å². The van der Waals surface area contributed by atoms with E-state index in [2.05, 4.69) is 10.3 Å². The average molecular weight is 249 g/mol. The van der Waals surface area contributed by atoms with Crippen molar-refractivity contribution in [2.45, 2.75) is 46.2 Å². The topological polar surface area (TPSA) is 68.0 Å². The fourth-order valence-corrected chi connectivity index (χ4v) is 1.51. The third-order valence-electron chi connectivity index (χ3n) is 3.03. The van der Waals surface area contributed by atoms with E-state index < -0.39 is 0 Å². The Labute approximate surface area is 109 Å². The maximum atomic E-state index is 11.9. The van der Waals surface area contributed by atoms with Gasteiger partial charge in [0.05, 0.1) is 11.7 Å². The van der Waals surface area contributed by atoms with Crippen molar-refractivity contribution in [2.75, 3.05) is 0 Å². The summed E-state index contributed by atoms with van der Waals surface area (Å²) in [5.74, 6) is -0.0319. The van der Waals surface area contributed by atoms with Crippen LogP contribution in [0.2, 0.25) is 0 Å². The summed E-state index contributed by atoms with van der Waals surface area (Å²) >= 11 is 0. The summed E-state index contributed by atoms with van der Waals surface area (Å²) in [5, 5.41) is 2.92. The number of nitrogens with zero attached hydrogens (tertiary/aromatic N) is 1. The van der Waals surface area contributed by atoms with Crippen LogP contribution in [0.4, 0.5) is 0 Å². The number of hydrogen-bond acceptors (Lipinski definition) is 3. The van der Waals surface area contributed by atoms with Crippen LogP contribution >= 0.6 is 0 Å². The number of pyridine rings is 1. The van der Waals surface area contributed by atoms with Gasteiger partial charge >= 0.3 is 0 Å². The third-order valence-corrected chi connectivity index (χ3v) is 3.03. The molecule has 2 atom stereocenters. The maximum absolute atomic E-state index is 11.9. The summed E-state index contributed by atoms with van der Waals surface area (Å²) in [7, 11) is 0. The molecule has 0 fully saturated rings. The monoisotopic (exact) mass is 249 g/mol. The highest BCUT2D eigenvalue weighted by atomic mass is 16.1. The van der Waals surface area contributed by atoms with Crippen molar-refractivity contribution in [1.82, 2.24) is 10.3 Å². The Kier molecular flexibility index (Phi) is 4.84. The average Bonchev–Trinajstić information content (AvgIpc) is 2.28. The molecule has 2 unspecified atom stereocenters. The van der Waals surface area contributed by atoms with E-state index in [0.29, 0.717) is 6.42 Å². The first-order valence-corrected chi connectivity index (χ1v) is 6.26. The van der Waals surface area contributed by atoms with E-state index >= 15 is 0 Å². The Morgan fingerprint density at radius 1 is 1.44 bits per heavy atom. The molecular weight excluding hydrogens is 226 g/mol. The lowest BCUT2D eigenvalue weighted by atomic mass is 9.85. The van der Waals surface area contributed by atoms with E-state index in [0.717, 1.165) is 5.69 Å². The van der Waals surface area contributed by atoms with Crippen LogP contribution in [0.25, 0.3) is 0 Å². The lowest BCUT2D eigenvalue weighted by molar-refractivity contribution is -0.122. The Bertz CT molecular complexity index is 384.